The summed E-state index contributed by atoms with van der Waals surface area (Å²) in [7, 11) is 0. The third kappa shape index (κ3) is 11.5. The minimum Gasteiger partial charge on any atom is -0.490 e. The maximum atomic E-state index is 13.1. The van der Waals surface area contributed by atoms with Crippen molar-refractivity contribution in [2.24, 2.45) is 0 Å². The summed E-state index contributed by atoms with van der Waals surface area (Å²) in [5, 5.41) is 14.8. The SMILES string of the molecule is C.O=C(CC(=O)N1CCN(C[C@@H](O)COc2cccc3ncccc23)CC1)NC(CCCc1ccccc1)CCCc1ccccc1. The van der Waals surface area contributed by atoms with Crippen LogP contribution in [0, 0.1) is 0 Å². The first-order valence-electron chi connectivity index (χ1n) is 16.6. The van der Waals surface area contributed by atoms with E-state index in [2.05, 4.69) is 63.7 Å². The average molecular weight is 639 g/mol. The van der Waals surface area contributed by atoms with E-state index >= 15 is 0 Å². The van der Waals surface area contributed by atoms with Gasteiger partial charge in [-0.1, -0.05) is 74.2 Å². The molecule has 1 aromatic heterocycles. The van der Waals surface area contributed by atoms with E-state index in [-0.39, 0.29) is 38.3 Å². The van der Waals surface area contributed by atoms with Gasteiger partial charge < -0.3 is 20.1 Å². The second kappa shape index (κ2) is 18.8. The molecule has 4 aromatic rings. The standard InChI is InChI=1S/C38H46N4O4.CH4/c43-33(29-46-36-21-9-20-35-34(36)19-10-22-39-35)28-41-23-25-42(26-24-41)38(45)27-37(44)40-32(17-7-15-30-11-3-1-4-12-30)18-8-16-31-13-5-2-6-14-31;/h1-6,9-14,19-22,32-33,43H,7-8,15-18,23-29H2,(H,40,44);1H4/t33-;/m1./s1. The van der Waals surface area contributed by atoms with E-state index in [4.69, 9.17) is 4.74 Å². The molecule has 0 aliphatic carbocycles. The second-order valence-electron chi connectivity index (χ2n) is 12.2. The summed E-state index contributed by atoms with van der Waals surface area (Å²) in [6.45, 7) is 2.98. The lowest BCUT2D eigenvalue weighted by Gasteiger charge is -2.35. The maximum Gasteiger partial charge on any atom is 0.232 e. The van der Waals surface area contributed by atoms with E-state index in [1.54, 1.807) is 11.1 Å². The van der Waals surface area contributed by atoms with Crippen molar-refractivity contribution in [2.45, 2.75) is 64.5 Å². The second-order valence-corrected chi connectivity index (χ2v) is 12.2. The van der Waals surface area contributed by atoms with Gasteiger partial charge in [-0.25, -0.2) is 0 Å². The zero-order valence-electron chi connectivity index (χ0n) is 26.6. The molecule has 250 valence electrons. The Morgan fingerprint density at radius 3 is 2.09 bits per heavy atom. The van der Waals surface area contributed by atoms with Crippen molar-refractivity contribution >= 4 is 22.7 Å². The Morgan fingerprint density at radius 2 is 1.45 bits per heavy atom. The molecule has 47 heavy (non-hydrogen) atoms. The lowest BCUT2D eigenvalue weighted by Crippen LogP contribution is -2.51. The number of carbonyl (C=O) groups is 2. The number of β-amino-alcohol motifs (C(OH)–C–C–N with tert-alkyl or cyclic N) is 1. The molecule has 0 unspecified atom stereocenters. The number of amides is 2. The monoisotopic (exact) mass is 638 g/mol. The van der Waals surface area contributed by atoms with Gasteiger partial charge in [0.1, 0.15) is 24.9 Å². The first-order valence-corrected chi connectivity index (χ1v) is 16.6. The van der Waals surface area contributed by atoms with E-state index in [9.17, 15) is 14.7 Å². The van der Waals surface area contributed by atoms with Gasteiger partial charge in [-0.05, 0) is 73.9 Å². The Bertz CT molecular complexity index is 1460. The van der Waals surface area contributed by atoms with Gasteiger partial charge in [0.05, 0.1) is 5.52 Å². The van der Waals surface area contributed by atoms with Crippen LogP contribution in [0.25, 0.3) is 10.9 Å². The number of ether oxygens (including phenoxy) is 1. The molecule has 0 saturated carbocycles. The van der Waals surface area contributed by atoms with Crippen molar-refractivity contribution in [1.82, 2.24) is 20.1 Å². The molecular formula is C39H50N4O4. The van der Waals surface area contributed by atoms with Crippen molar-refractivity contribution in [3.05, 3.63) is 108 Å². The molecule has 3 aromatic carbocycles. The van der Waals surface area contributed by atoms with Crippen LogP contribution in [0.15, 0.2) is 97.2 Å². The van der Waals surface area contributed by atoms with Crippen LogP contribution in [-0.4, -0.2) is 83.2 Å². The molecule has 1 atom stereocenters. The van der Waals surface area contributed by atoms with Crippen LogP contribution in [0.2, 0.25) is 0 Å². The number of aromatic nitrogens is 1. The van der Waals surface area contributed by atoms with Gasteiger partial charge in [0.25, 0.3) is 0 Å². The highest BCUT2D eigenvalue weighted by Crippen LogP contribution is 2.24. The number of hydrogen-bond donors (Lipinski definition) is 2. The maximum absolute atomic E-state index is 13.1. The van der Waals surface area contributed by atoms with Crippen LogP contribution >= 0.6 is 0 Å². The van der Waals surface area contributed by atoms with Crippen molar-refractivity contribution in [1.29, 1.82) is 0 Å². The molecule has 2 N–H and O–H groups in total. The molecule has 0 spiro atoms. The van der Waals surface area contributed by atoms with Crippen molar-refractivity contribution in [2.75, 3.05) is 39.3 Å². The van der Waals surface area contributed by atoms with E-state index in [1.807, 2.05) is 42.5 Å². The predicted octanol–water partition coefficient (Wildman–Crippen LogP) is 5.68. The first-order chi connectivity index (χ1) is 22.5. The third-order valence-corrected chi connectivity index (χ3v) is 8.63. The van der Waals surface area contributed by atoms with Gasteiger partial charge in [0.15, 0.2) is 0 Å². The van der Waals surface area contributed by atoms with Gasteiger partial charge in [-0.3, -0.25) is 19.5 Å². The minimum absolute atomic E-state index is 0. The summed E-state index contributed by atoms with van der Waals surface area (Å²) < 4.78 is 5.93. The molecule has 1 saturated heterocycles. The largest absolute Gasteiger partial charge is 0.490 e. The first kappa shape index (κ1) is 35.6. The Balaban J connectivity index is 0.00000500. The number of aliphatic hydroxyl groups is 1. The number of piperazine rings is 1. The van der Waals surface area contributed by atoms with Crippen LogP contribution in [0.3, 0.4) is 0 Å². The normalized spacial score (nSPS) is 14.0. The highest BCUT2D eigenvalue weighted by atomic mass is 16.5. The van der Waals surface area contributed by atoms with Crippen LogP contribution in [0.5, 0.6) is 5.75 Å². The molecule has 8 heteroatoms. The highest BCUT2D eigenvalue weighted by molar-refractivity contribution is 5.97. The average Bonchev–Trinajstić information content (AvgIpc) is 3.08. The van der Waals surface area contributed by atoms with Crippen molar-refractivity contribution < 1.29 is 19.4 Å². The van der Waals surface area contributed by atoms with Crippen LogP contribution in [-0.2, 0) is 22.4 Å². The van der Waals surface area contributed by atoms with Crippen molar-refractivity contribution in [3.63, 3.8) is 0 Å². The summed E-state index contributed by atoms with van der Waals surface area (Å²) in [5.74, 6) is 0.360. The number of carbonyl (C=O) groups excluding carboxylic acids is 2. The van der Waals surface area contributed by atoms with Gasteiger partial charge in [0, 0.05) is 50.3 Å². The highest BCUT2D eigenvalue weighted by Gasteiger charge is 2.25. The van der Waals surface area contributed by atoms with Crippen molar-refractivity contribution in [3.8, 4) is 5.75 Å². The number of aryl methyl sites for hydroxylation is 2. The molecule has 0 bridgehead atoms. The van der Waals surface area contributed by atoms with Crippen LogP contribution in [0.1, 0.15) is 50.7 Å². The molecule has 1 aliphatic heterocycles. The molecule has 2 heterocycles. The summed E-state index contributed by atoms with van der Waals surface area (Å²) in [6, 6.07) is 30.4. The summed E-state index contributed by atoms with van der Waals surface area (Å²) in [5.41, 5.74) is 3.45. The molecule has 1 aliphatic rings. The number of rotatable bonds is 16. The van der Waals surface area contributed by atoms with E-state index in [0.29, 0.717) is 38.5 Å². The quantitative estimate of drug-likeness (QED) is 0.154. The number of aliphatic hydroxyl groups excluding tert-OH is 1. The summed E-state index contributed by atoms with van der Waals surface area (Å²) in [4.78, 5) is 34.3. The van der Waals surface area contributed by atoms with Crippen LogP contribution in [0.4, 0.5) is 0 Å². The number of benzene rings is 3. The fourth-order valence-corrected chi connectivity index (χ4v) is 6.13. The van der Waals surface area contributed by atoms with E-state index in [1.165, 1.54) is 11.1 Å². The van der Waals surface area contributed by atoms with Crippen LogP contribution < -0.4 is 10.1 Å². The minimum atomic E-state index is -0.666. The topological polar surface area (TPSA) is 95.0 Å². The van der Waals surface area contributed by atoms with E-state index < -0.39 is 6.10 Å². The lowest BCUT2D eigenvalue weighted by atomic mass is 9.99. The smallest absolute Gasteiger partial charge is 0.232 e. The number of nitrogens with one attached hydrogen (secondary N) is 1. The zero-order valence-corrected chi connectivity index (χ0v) is 26.6. The Morgan fingerprint density at radius 1 is 0.809 bits per heavy atom. The molecule has 0 radical (unpaired) electrons. The Kier molecular flexibility index (Phi) is 14.2. The van der Waals surface area contributed by atoms with Gasteiger partial charge in [-0.15, -0.1) is 0 Å². The third-order valence-electron chi connectivity index (χ3n) is 8.63. The summed E-state index contributed by atoms with van der Waals surface area (Å²) in [6.07, 6.45) is 6.60. The molecule has 2 amide bonds. The summed E-state index contributed by atoms with van der Waals surface area (Å²) >= 11 is 0. The number of nitrogens with zero attached hydrogens (tertiary/aromatic N) is 3. The molecule has 8 nitrogen and oxygen atoms in total. The van der Waals surface area contributed by atoms with Gasteiger partial charge in [0.2, 0.25) is 11.8 Å². The fraction of sp³-hybridized carbons (Fsp3) is 0.410. The van der Waals surface area contributed by atoms with Gasteiger partial charge >= 0.3 is 0 Å². The molecular weight excluding hydrogens is 588 g/mol. The fourth-order valence-electron chi connectivity index (χ4n) is 6.13. The molecule has 1 fully saturated rings. The number of pyridine rings is 1. The van der Waals surface area contributed by atoms with Gasteiger partial charge in [-0.2, -0.15) is 0 Å². The number of hydrogen-bond acceptors (Lipinski definition) is 6. The number of fused-ring (bicyclic) bond motifs is 1. The zero-order chi connectivity index (χ0) is 32.0. The predicted molar refractivity (Wildman–Crippen MR) is 188 cm³/mol. The Hall–Kier alpha value is -4.27. The van der Waals surface area contributed by atoms with E-state index in [0.717, 1.165) is 49.4 Å². The molecule has 5 rings (SSSR count). The lowest BCUT2D eigenvalue weighted by molar-refractivity contribution is -0.137. The Labute approximate surface area is 279 Å².